The van der Waals surface area contributed by atoms with Crippen LogP contribution in [0, 0.1) is 0 Å². The molecule has 0 atom stereocenters. The topological polar surface area (TPSA) is 50.8 Å². The Morgan fingerprint density at radius 3 is 2.58 bits per heavy atom. The Labute approximate surface area is 116 Å². The fraction of sp³-hybridized carbons (Fsp3) is 0.929. The summed E-state index contributed by atoms with van der Waals surface area (Å²) in [5.41, 5.74) is -0.425. The number of hydrogen-bond donors (Lipinski definition) is 1. The van der Waals surface area contributed by atoms with Crippen molar-refractivity contribution in [3.63, 3.8) is 0 Å². The standard InChI is InChI=1S/C14H28N2O3/c1-14(2,3)19-13(17)16(4)9-5-8-15-12-6-10-18-11-7-12/h12,15H,5-11H2,1-4H3. The van der Waals surface area contributed by atoms with Gasteiger partial charge in [0.1, 0.15) is 5.60 Å². The maximum atomic E-state index is 11.7. The third-order valence-electron chi connectivity index (χ3n) is 3.03. The lowest BCUT2D eigenvalue weighted by Gasteiger charge is -2.25. The molecule has 0 spiro atoms. The van der Waals surface area contributed by atoms with E-state index < -0.39 is 5.60 Å². The van der Waals surface area contributed by atoms with Crippen molar-refractivity contribution in [1.82, 2.24) is 10.2 Å². The summed E-state index contributed by atoms with van der Waals surface area (Å²) in [6.45, 7) is 9.00. The summed E-state index contributed by atoms with van der Waals surface area (Å²) in [6, 6.07) is 0.570. The molecule has 1 amide bonds. The summed E-state index contributed by atoms with van der Waals surface area (Å²) < 4.78 is 10.6. The monoisotopic (exact) mass is 272 g/mol. The third-order valence-corrected chi connectivity index (χ3v) is 3.03. The molecular formula is C14H28N2O3. The van der Waals surface area contributed by atoms with Crippen molar-refractivity contribution in [2.24, 2.45) is 0 Å². The van der Waals surface area contributed by atoms with Crippen molar-refractivity contribution < 1.29 is 14.3 Å². The lowest BCUT2D eigenvalue weighted by atomic mass is 10.1. The molecular weight excluding hydrogens is 244 g/mol. The zero-order chi connectivity index (χ0) is 14.3. The van der Waals surface area contributed by atoms with E-state index in [0.29, 0.717) is 12.6 Å². The fourth-order valence-electron chi connectivity index (χ4n) is 1.96. The van der Waals surface area contributed by atoms with Gasteiger partial charge in [-0.3, -0.25) is 0 Å². The van der Waals surface area contributed by atoms with E-state index in [1.165, 1.54) is 0 Å². The molecule has 1 N–H and O–H groups in total. The van der Waals surface area contributed by atoms with Crippen molar-refractivity contribution in [2.75, 3.05) is 33.4 Å². The summed E-state index contributed by atoms with van der Waals surface area (Å²) in [4.78, 5) is 13.4. The number of ether oxygens (including phenoxy) is 2. The number of carbonyl (C=O) groups is 1. The normalized spacial score (nSPS) is 17.3. The molecule has 5 nitrogen and oxygen atoms in total. The molecule has 5 heteroatoms. The first kappa shape index (κ1) is 16.2. The molecule has 0 unspecified atom stereocenters. The molecule has 1 saturated heterocycles. The number of nitrogens with one attached hydrogen (secondary N) is 1. The van der Waals surface area contributed by atoms with Crippen molar-refractivity contribution in [1.29, 1.82) is 0 Å². The van der Waals surface area contributed by atoms with Gasteiger partial charge in [-0.2, -0.15) is 0 Å². The van der Waals surface area contributed by atoms with Crippen LogP contribution in [0.3, 0.4) is 0 Å². The Morgan fingerprint density at radius 1 is 1.37 bits per heavy atom. The van der Waals surface area contributed by atoms with Gasteiger partial charge in [0.15, 0.2) is 0 Å². The Morgan fingerprint density at radius 2 is 2.00 bits per heavy atom. The van der Waals surface area contributed by atoms with Crippen LogP contribution in [0.15, 0.2) is 0 Å². The highest BCUT2D eigenvalue weighted by molar-refractivity contribution is 5.67. The molecule has 0 aromatic carbocycles. The van der Waals surface area contributed by atoms with E-state index >= 15 is 0 Å². The average Bonchev–Trinajstić information content (AvgIpc) is 2.33. The predicted molar refractivity (Wildman–Crippen MR) is 75.3 cm³/mol. The zero-order valence-electron chi connectivity index (χ0n) is 12.7. The van der Waals surface area contributed by atoms with E-state index in [1.807, 2.05) is 20.8 Å². The van der Waals surface area contributed by atoms with Crippen LogP contribution < -0.4 is 5.32 Å². The van der Waals surface area contributed by atoms with E-state index in [0.717, 1.165) is 39.0 Å². The minimum Gasteiger partial charge on any atom is -0.444 e. The molecule has 1 aliphatic heterocycles. The van der Waals surface area contributed by atoms with Gasteiger partial charge in [0.2, 0.25) is 0 Å². The fourth-order valence-corrected chi connectivity index (χ4v) is 1.96. The summed E-state index contributed by atoms with van der Waals surface area (Å²) in [5.74, 6) is 0. The first-order valence-corrected chi connectivity index (χ1v) is 7.14. The maximum absolute atomic E-state index is 11.7. The smallest absolute Gasteiger partial charge is 0.410 e. The zero-order valence-corrected chi connectivity index (χ0v) is 12.7. The van der Waals surface area contributed by atoms with E-state index in [9.17, 15) is 4.79 Å². The first-order chi connectivity index (χ1) is 8.88. The van der Waals surface area contributed by atoms with E-state index in [-0.39, 0.29) is 6.09 Å². The van der Waals surface area contributed by atoms with Crippen molar-refractivity contribution in [2.45, 2.75) is 51.7 Å². The highest BCUT2D eigenvalue weighted by atomic mass is 16.6. The largest absolute Gasteiger partial charge is 0.444 e. The minimum absolute atomic E-state index is 0.251. The minimum atomic E-state index is -0.425. The van der Waals surface area contributed by atoms with Crippen molar-refractivity contribution >= 4 is 6.09 Å². The number of rotatable bonds is 5. The molecule has 0 aromatic heterocycles. The number of amides is 1. The number of nitrogens with zero attached hydrogens (tertiary/aromatic N) is 1. The SMILES string of the molecule is CN(CCCNC1CCOCC1)C(=O)OC(C)(C)C. The van der Waals surface area contributed by atoms with E-state index in [2.05, 4.69) is 5.32 Å². The van der Waals surface area contributed by atoms with Crippen LogP contribution in [0.4, 0.5) is 4.79 Å². The van der Waals surface area contributed by atoms with Crippen molar-refractivity contribution in [3.05, 3.63) is 0 Å². The molecule has 112 valence electrons. The van der Waals surface area contributed by atoms with Crippen molar-refractivity contribution in [3.8, 4) is 0 Å². The van der Waals surface area contributed by atoms with Crippen LogP contribution in [0.5, 0.6) is 0 Å². The van der Waals surface area contributed by atoms with Gasteiger partial charge in [-0.05, 0) is 46.6 Å². The van der Waals surface area contributed by atoms with E-state index in [4.69, 9.17) is 9.47 Å². The third kappa shape index (κ3) is 7.38. The second kappa shape index (κ2) is 7.70. The lowest BCUT2D eigenvalue weighted by Crippen LogP contribution is -2.38. The number of hydrogen-bond acceptors (Lipinski definition) is 4. The second-order valence-corrected chi connectivity index (χ2v) is 6.10. The Hall–Kier alpha value is -0.810. The van der Waals surface area contributed by atoms with Crippen LogP contribution >= 0.6 is 0 Å². The summed E-state index contributed by atoms with van der Waals surface area (Å²) in [7, 11) is 1.78. The van der Waals surface area contributed by atoms with Crippen LogP contribution in [-0.2, 0) is 9.47 Å². The lowest BCUT2D eigenvalue weighted by molar-refractivity contribution is 0.0296. The number of carbonyl (C=O) groups excluding carboxylic acids is 1. The van der Waals surface area contributed by atoms with E-state index in [1.54, 1.807) is 11.9 Å². The van der Waals surface area contributed by atoms with Crippen LogP contribution in [-0.4, -0.2) is 56.0 Å². The Bertz CT molecular complexity index is 270. The molecule has 1 aliphatic rings. The highest BCUT2D eigenvalue weighted by Gasteiger charge is 2.19. The average molecular weight is 272 g/mol. The maximum Gasteiger partial charge on any atom is 0.410 e. The van der Waals surface area contributed by atoms with Gasteiger partial charge in [-0.25, -0.2) is 4.79 Å². The molecule has 0 aromatic rings. The molecule has 0 radical (unpaired) electrons. The predicted octanol–water partition coefficient (Wildman–Crippen LogP) is 2.01. The quantitative estimate of drug-likeness (QED) is 0.778. The molecule has 0 bridgehead atoms. The van der Waals surface area contributed by atoms with Gasteiger partial charge in [-0.1, -0.05) is 0 Å². The summed E-state index contributed by atoms with van der Waals surface area (Å²) in [6.07, 6.45) is 2.86. The van der Waals surface area contributed by atoms with Gasteiger partial charge >= 0.3 is 6.09 Å². The molecule has 0 aliphatic carbocycles. The van der Waals surface area contributed by atoms with Gasteiger partial charge in [0.25, 0.3) is 0 Å². The van der Waals surface area contributed by atoms with Gasteiger partial charge in [-0.15, -0.1) is 0 Å². The van der Waals surface area contributed by atoms with Crippen LogP contribution in [0.1, 0.15) is 40.0 Å². The highest BCUT2D eigenvalue weighted by Crippen LogP contribution is 2.09. The van der Waals surface area contributed by atoms with Gasteiger partial charge < -0.3 is 19.7 Å². The Kier molecular flexibility index (Phi) is 6.58. The molecule has 19 heavy (non-hydrogen) atoms. The van der Waals surface area contributed by atoms with Crippen LogP contribution in [0.2, 0.25) is 0 Å². The second-order valence-electron chi connectivity index (χ2n) is 6.10. The molecule has 1 rings (SSSR count). The Balaban J connectivity index is 2.09. The molecule has 1 fully saturated rings. The summed E-state index contributed by atoms with van der Waals surface area (Å²) >= 11 is 0. The van der Waals surface area contributed by atoms with Crippen LogP contribution in [0.25, 0.3) is 0 Å². The van der Waals surface area contributed by atoms with Gasteiger partial charge in [0.05, 0.1) is 0 Å². The molecule has 0 saturated carbocycles. The summed E-state index contributed by atoms with van der Waals surface area (Å²) in [5, 5.41) is 3.51. The first-order valence-electron chi connectivity index (χ1n) is 7.14. The van der Waals surface area contributed by atoms with Gasteiger partial charge in [0, 0.05) is 32.8 Å². The molecule has 1 heterocycles.